The molecule has 2 fully saturated rings. The van der Waals surface area contributed by atoms with E-state index in [0.717, 1.165) is 11.8 Å². The molecular weight excluding hydrogens is 1100 g/mol. The highest BCUT2D eigenvalue weighted by Gasteiger charge is 2.57. The van der Waals surface area contributed by atoms with Gasteiger partial charge in [-0.05, 0) is 103 Å². The molecule has 0 unspecified atom stereocenters. The molecule has 0 saturated carbocycles. The van der Waals surface area contributed by atoms with Gasteiger partial charge in [0.05, 0.1) is 40.2 Å². The normalized spacial score (nSPS) is 22.8. The Balaban J connectivity index is 1.26. The molecule has 1 amide bonds. The maximum atomic E-state index is 14.8. The number of anilines is 1. The lowest BCUT2D eigenvalue weighted by Crippen LogP contribution is -2.62. The van der Waals surface area contributed by atoms with E-state index in [9.17, 15) is 28.8 Å². The standard InChI is InChI=1S/C59H78N4O14SSi3/c1-57(2,3)79(10,11)70-36-41-44(73-52(66)37-25-19-16-20-26-37)45(74-53(67)38-27-21-17-22-28-38)49(75-54(68)39-29-23-18-24-30-39)55(71-41)78-43-32-31-40(35-60-43)61-50(65)47-46(76-80(12,13)58(4,5)6)48(77-81(14,15)59(7,8)9)51(72-47)63-34-33-42(64)62-56(63)69/h16-35,41,44-49,51,55H,36H2,1-15H3,(H,61,65)(H,62,64,69)/t41-,44-,45+,46-,47+,48-,49-,51-,55+/m1/s1. The Morgan fingerprint density at radius 1 is 0.593 bits per heavy atom. The monoisotopic (exact) mass is 1180 g/mol. The summed E-state index contributed by atoms with van der Waals surface area (Å²) in [6, 6.07) is 29.4. The van der Waals surface area contributed by atoms with Crippen LogP contribution in [0.15, 0.2) is 136 Å². The van der Waals surface area contributed by atoms with Gasteiger partial charge in [-0.15, -0.1) is 0 Å². The first kappa shape index (κ1) is 62.8. The average Bonchev–Trinajstić information content (AvgIpc) is 4.04. The van der Waals surface area contributed by atoms with E-state index >= 15 is 0 Å². The lowest BCUT2D eigenvalue weighted by Gasteiger charge is -2.46. The Morgan fingerprint density at radius 2 is 1.06 bits per heavy atom. The van der Waals surface area contributed by atoms with Gasteiger partial charge < -0.3 is 42.3 Å². The van der Waals surface area contributed by atoms with Gasteiger partial charge >= 0.3 is 23.6 Å². The third-order valence-corrected chi connectivity index (χ3v) is 30.6. The van der Waals surface area contributed by atoms with E-state index in [2.05, 4.69) is 112 Å². The van der Waals surface area contributed by atoms with Crippen molar-refractivity contribution >= 4 is 66.2 Å². The van der Waals surface area contributed by atoms with Crippen molar-refractivity contribution in [1.82, 2.24) is 14.5 Å². The van der Waals surface area contributed by atoms with Crippen molar-refractivity contribution in [3.05, 3.63) is 159 Å². The molecule has 0 aliphatic carbocycles. The molecule has 2 aliphatic rings. The van der Waals surface area contributed by atoms with Crippen LogP contribution in [0.2, 0.25) is 54.4 Å². The zero-order valence-corrected chi connectivity index (χ0v) is 52.8. The molecule has 18 nitrogen and oxygen atoms in total. The fraction of sp³-hybridized carbons (Fsp3) is 0.475. The van der Waals surface area contributed by atoms with Crippen LogP contribution in [0, 0.1) is 0 Å². The summed E-state index contributed by atoms with van der Waals surface area (Å²) in [5, 5.41) is 2.45. The van der Waals surface area contributed by atoms with Crippen LogP contribution < -0.4 is 16.6 Å². The number of nitrogens with one attached hydrogen (secondary N) is 2. The minimum absolute atomic E-state index is 0.0969. The zero-order chi connectivity index (χ0) is 59.5. The van der Waals surface area contributed by atoms with E-state index in [1.165, 1.54) is 23.0 Å². The van der Waals surface area contributed by atoms with Gasteiger partial charge in [0.25, 0.3) is 11.5 Å². The molecule has 3 aromatic carbocycles. The number of ether oxygens (including phenoxy) is 5. The number of esters is 3. The molecule has 22 heteroatoms. The van der Waals surface area contributed by atoms with Gasteiger partial charge in [-0.2, -0.15) is 0 Å². The first-order valence-electron chi connectivity index (χ1n) is 27.1. The van der Waals surface area contributed by atoms with E-state index in [4.69, 9.17) is 41.9 Å². The molecule has 9 atom stereocenters. The maximum absolute atomic E-state index is 14.8. The number of carbonyl (C=O) groups is 4. The average molecular weight is 1180 g/mol. The zero-order valence-electron chi connectivity index (χ0n) is 49.0. The highest BCUT2D eigenvalue weighted by atomic mass is 32.2. The van der Waals surface area contributed by atoms with Crippen LogP contribution in [0.1, 0.15) is 99.6 Å². The van der Waals surface area contributed by atoms with Crippen molar-refractivity contribution in [2.45, 2.75) is 176 Å². The largest absolute Gasteiger partial charge is 0.452 e. The van der Waals surface area contributed by atoms with E-state index in [1.54, 1.807) is 103 Å². The maximum Gasteiger partial charge on any atom is 0.338 e. The lowest BCUT2D eigenvalue weighted by atomic mass is 9.98. The van der Waals surface area contributed by atoms with Gasteiger partial charge in [-0.1, -0.05) is 129 Å². The third kappa shape index (κ3) is 15.1. The van der Waals surface area contributed by atoms with Crippen LogP contribution in [-0.2, 0) is 41.8 Å². The third-order valence-electron chi connectivity index (χ3n) is 16.1. The highest BCUT2D eigenvalue weighted by molar-refractivity contribution is 7.99. The van der Waals surface area contributed by atoms with Gasteiger partial charge in [0, 0.05) is 12.3 Å². The van der Waals surface area contributed by atoms with Crippen LogP contribution in [0.5, 0.6) is 0 Å². The molecule has 436 valence electrons. The Bertz CT molecular complexity index is 3110. The second kappa shape index (κ2) is 24.9. The topological polar surface area (TPSA) is 222 Å². The molecule has 2 aliphatic heterocycles. The first-order valence-corrected chi connectivity index (χ1v) is 36.7. The summed E-state index contributed by atoms with van der Waals surface area (Å²) in [7, 11) is -7.91. The first-order chi connectivity index (χ1) is 37.8. The molecule has 2 N–H and O–H groups in total. The predicted molar refractivity (Wildman–Crippen MR) is 317 cm³/mol. The summed E-state index contributed by atoms with van der Waals surface area (Å²) in [4.78, 5) is 90.2. The quantitative estimate of drug-likeness (QED) is 0.0473. The smallest absolute Gasteiger partial charge is 0.338 e. The van der Waals surface area contributed by atoms with Gasteiger partial charge in [0.2, 0.25) is 0 Å². The number of aromatic nitrogens is 3. The van der Waals surface area contributed by atoms with Gasteiger partial charge in [0.15, 0.2) is 61.0 Å². The molecule has 0 bridgehead atoms. The van der Waals surface area contributed by atoms with Crippen LogP contribution in [0.4, 0.5) is 5.69 Å². The van der Waals surface area contributed by atoms with Gasteiger partial charge in [0.1, 0.15) is 18.3 Å². The van der Waals surface area contributed by atoms with Crippen molar-refractivity contribution in [2.75, 3.05) is 11.9 Å². The SMILES string of the molecule is CC(C)(C)[Si](C)(C)OC[C@H]1O[C@@H](Sc2ccc(NC(=O)[C@H]3O[C@@H](n4ccc(=O)[nH]c4=O)[C@H](O[Si](C)(C)C(C)(C)C)[C@@H]3O[Si](C)(C)C(C)(C)C)cn2)[C@H](OC(=O)c2ccccc2)[C@@H](OC(=O)c2ccccc2)[C@@H]1OC(=O)c1ccccc1. The summed E-state index contributed by atoms with van der Waals surface area (Å²) >= 11 is 1.06. The number of H-pyrrole nitrogens is 1. The minimum atomic E-state index is -2.70. The van der Waals surface area contributed by atoms with Crippen LogP contribution in [-0.4, -0.2) is 118 Å². The second-order valence-corrected chi connectivity index (χ2v) is 40.4. The fourth-order valence-electron chi connectivity index (χ4n) is 8.16. The van der Waals surface area contributed by atoms with Crippen molar-refractivity contribution in [3.8, 4) is 0 Å². The number of thioether (sulfide) groups is 1. The summed E-state index contributed by atoms with van der Waals surface area (Å²) in [5.74, 6) is -2.87. The molecule has 0 radical (unpaired) electrons. The molecule has 81 heavy (non-hydrogen) atoms. The number of hydrogen-bond donors (Lipinski definition) is 2. The van der Waals surface area contributed by atoms with E-state index in [1.807, 2.05) is 0 Å². The fourth-order valence-corrected chi connectivity index (χ4v) is 12.8. The number of nitrogens with zero attached hydrogens (tertiary/aromatic N) is 2. The van der Waals surface area contributed by atoms with Crippen LogP contribution in [0.3, 0.4) is 0 Å². The number of amides is 1. The number of pyridine rings is 1. The molecule has 5 aromatic rings. The molecule has 0 spiro atoms. The van der Waals surface area contributed by atoms with Crippen molar-refractivity contribution < 1.29 is 56.1 Å². The molecule has 2 aromatic heterocycles. The number of hydrogen-bond acceptors (Lipinski definition) is 16. The summed E-state index contributed by atoms with van der Waals surface area (Å²) in [5.41, 5.74) is -1.62. The summed E-state index contributed by atoms with van der Waals surface area (Å²) in [6.45, 7) is 31.1. The lowest BCUT2D eigenvalue weighted by molar-refractivity contribution is -0.206. The van der Waals surface area contributed by atoms with Gasteiger partial charge in [-0.25, -0.2) is 24.2 Å². The number of carbonyl (C=O) groups excluding carboxylic acids is 4. The Kier molecular flexibility index (Phi) is 19.3. The van der Waals surface area contributed by atoms with Crippen molar-refractivity contribution in [3.63, 3.8) is 0 Å². The van der Waals surface area contributed by atoms with Crippen molar-refractivity contribution in [1.29, 1.82) is 0 Å². The van der Waals surface area contributed by atoms with Gasteiger partial charge in [-0.3, -0.25) is 19.1 Å². The summed E-state index contributed by atoms with van der Waals surface area (Å²) in [6.07, 6.45) is -7.03. The Labute approximate surface area is 481 Å². The van der Waals surface area contributed by atoms with E-state index in [-0.39, 0.29) is 44.1 Å². The molecule has 4 heterocycles. The minimum Gasteiger partial charge on any atom is -0.452 e. The second-order valence-electron chi connectivity index (χ2n) is 25.0. The van der Waals surface area contributed by atoms with E-state index < -0.39 is 114 Å². The Morgan fingerprint density at radius 3 is 1.52 bits per heavy atom. The van der Waals surface area contributed by atoms with E-state index in [0.29, 0.717) is 5.03 Å². The van der Waals surface area contributed by atoms with Crippen LogP contribution in [0.25, 0.3) is 0 Å². The molecule has 2 saturated heterocycles. The number of rotatable bonds is 18. The molecular formula is C59H78N4O14SSi3. The summed E-state index contributed by atoms with van der Waals surface area (Å²) < 4.78 is 54.7. The number of aromatic amines is 1. The van der Waals surface area contributed by atoms with Crippen LogP contribution >= 0.6 is 11.8 Å². The Hall–Kier alpha value is -5.83. The predicted octanol–water partition coefficient (Wildman–Crippen LogP) is 10.8. The molecule has 7 rings (SSSR count). The van der Waals surface area contributed by atoms with Crippen molar-refractivity contribution in [2.24, 2.45) is 0 Å². The highest BCUT2D eigenvalue weighted by Crippen LogP contribution is 2.46. The number of benzene rings is 3.